The predicted octanol–water partition coefficient (Wildman–Crippen LogP) is 1.07. The van der Waals surface area contributed by atoms with Crippen LogP contribution in [0.5, 0.6) is 0 Å². The van der Waals surface area contributed by atoms with Crippen LogP contribution in [0, 0.1) is 0 Å². The zero-order valence-electron chi connectivity index (χ0n) is 12.3. The number of nitrogens with zero attached hydrogens (tertiary/aromatic N) is 3. The highest BCUT2D eigenvalue weighted by molar-refractivity contribution is 5.99. The third-order valence-corrected chi connectivity index (χ3v) is 4.65. The molecule has 2 heterocycles. The van der Waals surface area contributed by atoms with Gasteiger partial charge in [0.2, 0.25) is 0 Å². The number of hydrazine groups is 1. The zero-order valence-corrected chi connectivity index (χ0v) is 12.3. The summed E-state index contributed by atoms with van der Waals surface area (Å²) in [5, 5.41) is 0. The summed E-state index contributed by atoms with van der Waals surface area (Å²) in [6.45, 7) is 3.52. The van der Waals surface area contributed by atoms with E-state index in [9.17, 15) is 4.79 Å². The Morgan fingerprint density at radius 2 is 1.95 bits per heavy atom. The summed E-state index contributed by atoms with van der Waals surface area (Å²) in [5.74, 6) is 5.48. The first-order chi connectivity index (χ1) is 10.3. The van der Waals surface area contributed by atoms with Gasteiger partial charge in [-0.2, -0.15) is 0 Å². The maximum Gasteiger partial charge on any atom is 0.257 e. The first kappa shape index (κ1) is 14.3. The number of hydrogen-bond acceptors (Lipinski definition) is 5. The topological polar surface area (TPSA) is 74.5 Å². The predicted molar refractivity (Wildman–Crippen MR) is 81.8 cm³/mol. The van der Waals surface area contributed by atoms with E-state index in [2.05, 4.69) is 15.3 Å². The van der Waals surface area contributed by atoms with E-state index in [1.807, 2.05) is 4.90 Å². The van der Waals surface area contributed by atoms with Crippen LogP contribution in [0.15, 0.2) is 18.5 Å². The van der Waals surface area contributed by atoms with Gasteiger partial charge in [-0.1, -0.05) is 12.8 Å². The van der Waals surface area contributed by atoms with Crippen LogP contribution >= 0.6 is 0 Å². The minimum Gasteiger partial charge on any atom is -0.336 e. The van der Waals surface area contributed by atoms with Crippen molar-refractivity contribution < 1.29 is 4.79 Å². The van der Waals surface area contributed by atoms with Crippen molar-refractivity contribution in [2.24, 2.45) is 5.84 Å². The maximum atomic E-state index is 12.6. The second-order valence-electron chi connectivity index (χ2n) is 5.83. The molecule has 6 heteroatoms. The molecule has 21 heavy (non-hydrogen) atoms. The van der Waals surface area contributed by atoms with E-state index in [4.69, 9.17) is 5.84 Å². The number of aromatic nitrogens is 1. The first-order valence-electron chi connectivity index (χ1n) is 7.73. The number of piperazine rings is 1. The van der Waals surface area contributed by atoms with E-state index in [1.54, 1.807) is 18.5 Å². The summed E-state index contributed by atoms with van der Waals surface area (Å²) >= 11 is 0. The van der Waals surface area contributed by atoms with Crippen LogP contribution in [-0.4, -0.2) is 52.9 Å². The van der Waals surface area contributed by atoms with Gasteiger partial charge in [0.1, 0.15) is 0 Å². The van der Waals surface area contributed by atoms with Crippen molar-refractivity contribution in [2.45, 2.75) is 31.7 Å². The molecule has 0 radical (unpaired) electrons. The Kier molecular flexibility index (Phi) is 4.36. The average molecular weight is 289 g/mol. The third-order valence-electron chi connectivity index (χ3n) is 4.65. The van der Waals surface area contributed by atoms with Crippen LogP contribution < -0.4 is 11.3 Å². The van der Waals surface area contributed by atoms with Gasteiger partial charge in [0, 0.05) is 44.6 Å². The lowest BCUT2D eigenvalue weighted by molar-refractivity contribution is 0.0574. The van der Waals surface area contributed by atoms with Gasteiger partial charge in [0.25, 0.3) is 5.91 Å². The molecule has 1 saturated heterocycles. The summed E-state index contributed by atoms with van der Waals surface area (Å²) in [4.78, 5) is 21.1. The Hall–Kier alpha value is -1.66. The number of anilines is 1. The lowest BCUT2D eigenvalue weighted by atomic mass is 10.1. The van der Waals surface area contributed by atoms with Crippen molar-refractivity contribution in [1.29, 1.82) is 0 Å². The molecule has 0 atom stereocenters. The van der Waals surface area contributed by atoms with Crippen LogP contribution in [0.4, 0.5) is 5.69 Å². The molecular weight excluding hydrogens is 266 g/mol. The molecule has 1 amide bonds. The number of carbonyl (C=O) groups is 1. The fraction of sp³-hybridized carbons (Fsp3) is 0.600. The Bertz CT molecular complexity index is 493. The molecule has 6 nitrogen and oxygen atoms in total. The van der Waals surface area contributed by atoms with Crippen molar-refractivity contribution in [3.63, 3.8) is 0 Å². The van der Waals surface area contributed by atoms with E-state index in [0.29, 0.717) is 11.3 Å². The summed E-state index contributed by atoms with van der Waals surface area (Å²) < 4.78 is 0. The van der Waals surface area contributed by atoms with Crippen LogP contribution in [0.3, 0.4) is 0 Å². The van der Waals surface area contributed by atoms with Gasteiger partial charge in [0.15, 0.2) is 0 Å². The van der Waals surface area contributed by atoms with Gasteiger partial charge < -0.3 is 10.3 Å². The zero-order chi connectivity index (χ0) is 14.7. The highest BCUT2D eigenvalue weighted by Crippen LogP contribution is 2.25. The van der Waals surface area contributed by atoms with E-state index < -0.39 is 0 Å². The number of rotatable bonds is 3. The number of carbonyl (C=O) groups excluding carboxylic acids is 1. The van der Waals surface area contributed by atoms with E-state index in [-0.39, 0.29) is 5.91 Å². The first-order valence-corrected chi connectivity index (χ1v) is 7.73. The minimum atomic E-state index is 0.0159. The van der Waals surface area contributed by atoms with E-state index in [0.717, 1.165) is 32.2 Å². The summed E-state index contributed by atoms with van der Waals surface area (Å²) in [6, 6.07) is 2.46. The van der Waals surface area contributed by atoms with Gasteiger partial charge >= 0.3 is 0 Å². The smallest absolute Gasteiger partial charge is 0.257 e. The lowest BCUT2D eigenvalue weighted by Crippen LogP contribution is -2.51. The normalized spacial score (nSPS) is 20.7. The Balaban J connectivity index is 1.62. The van der Waals surface area contributed by atoms with Crippen molar-refractivity contribution >= 4 is 11.6 Å². The average Bonchev–Trinajstić information content (AvgIpc) is 3.09. The lowest BCUT2D eigenvalue weighted by Gasteiger charge is -2.38. The molecule has 1 saturated carbocycles. The van der Waals surface area contributed by atoms with Crippen molar-refractivity contribution in [3.05, 3.63) is 24.0 Å². The maximum absolute atomic E-state index is 12.6. The largest absolute Gasteiger partial charge is 0.336 e. The molecule has 0 aromatic carbocycles. The molecule has 2 aliphatic rings. The van der Waals surface area contributed by atoms with Crippen LogP contribution in [-0.2, 0) is 0 Å². The number of pyridine rings is 1. The molecular formula is C15H23N5O. The van der Waals surface area contributed by atoms with E-state index in [1.165, 1.54) is 25.7 Å². The number of nitrogens with one attached hydrogen (secondary N) is 1. The second-order valence-corrected chi connectivity index (χ2v) is 5.83. The summed E-state index contributed by atoms with van der Waals surface area (Å²) in [6.07, 6.45) is 8.55. The molecule has 3 N–H and O–H groups in total. The molecule has 1 aromatic rings. The quantitative estimate of drug-likeness (QED) is 0.643. The second kappa shape index (κ2) is 6.41. The fourth-order valence-electron chi connectivity index (χ4n) is 3.42. The van der Waals surface area contributed by atoms with Gasteiger partial charge in [-0.15, -0.1) is 0 Å². The molecule has 2 fully saturated rings. The summed E-state index contributed by atoms with van der Waals surface area (Å²) in [5.41, 5.74) is 3.75. The van der Waals surface area contributed by atoms with Gasteiger partial charge in [-0.05, 0) is 18.9 Å². The Morgan fingerprint density at radius 3 is 2.62 bits per heavy atom. The van der Waals surface area contributed by atoms with Gasteiger partial charge in [0.05, 0.1) is 11.3 Å². The van der Waals surface area contributed by atoms with Crippen LogP contribution in [0.2, 0.25) is 0 Å². The van der Waals surface area contributed by atoms with E-state index >= 15 is 0 Å². The number of nitrogen functional groups attached to an aromatic ring is 1. The van der Waals surface area contributed by atoms with Gasteiger partial charge in [-0.3, -0.25) is 20.5 Å². The van der Waals surface area contributed by atoms with Crippen LogP contribution in [0.25, 0.3) is 0 Å². The highest BCUT2D eigenvalue weighted by Gasteiger charge is 2.28. The molecule has 3 rings (SSSR count). The monoisotopic (exact) mass is 289 g/mol. The summed E-state index contributed by atoms with van der Waals surface area (Å²) in [7, 11) is 0. The number of hydrogen-bond donors (Lipinski definition) is 2. The molecule has 1 aliphatic carbocycles. The Morgan fingerprint density at radius 1 is 1.24 bits per heavy atom. The molecule has 0 bridgehead atoms. The molecule has 0 spiro atoms. The minimum absolute atomic E-state index is 0.0159. The van der Waals surface area contributed by atoms with Crippen molar-refractivity contribution in [2.75, 3.05) is 31.6 Å². The fourth-order valence-corrected chi connectivity index (χ4v) is 3.42. The van der Waals surface area contributed by atoms with Crippen LogP contribution in [0.1, 0.15) is 36.0 Å². The number of nitrogens with two attached hydrogens (primary N) is 1. The van der Waals surface area contributed by atoms with Crippen molar-refractivity contribution in [1.82, 2.24) is 14.8 Å². The molecule has 1 aromatic heterocycles. The third kappa shape index (κ3) is 3.01. The molecule has 1 aliphatic heterocycles. The number of amides is 1. The van der Waals surface area contributed by atoms with Gasteiger partial charge in [-0.25, -0.2) is 0 Å². The molecule has 0 unspecified atom stereocenters. The molecule has 114 valence electrons. The standard InChI is InChI=1S/C15H23N5O/c16-18-14-5-6-17-11-13(14)15(21)20-9-7-19(8-10-20)12-3-1-2-4-12/h5-6,11-12H,1-4,7-10,16H2,(H,17,18). The van der Waals surface area contributed by atoms with Crippen molar-refractivity contribution in [3.8, 4) is 0 Å². The highest BCUT2D eigenvalue weighted by atomic mass is 16.2. The SMILES string of the molecule is NNc1ccncc1C(=O)N1CCN(C2CCCC2)CC1. The Labute approximate surface area is 125 Å².